The minimum absolute atomic E-state index is 0.0183. The number of aromatic nitrogens is 1. The second-order valence-electron chi connectivity index (χ2n) is 11.5. The zero-order chi connectivity index (χ0) is 31.7. The summed E-state index contributed by atoms with van der Waals surface area (Å²) in [5.74, 6) is -2.98. The number of hydrogen-bond donors (Lipinski definition) is 7. The Morgan fingerprint density at radius 3 is 2.07 bits per heavy atom. The molecule has 11 heteroatoms. The van der Waals surface area contributed by atoms with Gasteiger partial charge in [0.15, 0.2) is 0 Å². The highest BCUT2D eigenvalue weighted by molar-refractivity contribution is 5.94. The van der Waals surface area contributed by atoms with Crippen LogP contribution < -0.4 is 21.7 Å². The number of phenols is 1. The van der Waals surface area contributed by atoms with Gasteiger partial charge in [-0.05, 0) is 47.6 Å². The molecule has 0 saturated heterocycles. The Labute approximate surface area is 251 Å². The maximum Gasteiger partial charge on any atom is 0.326 e. The van der Waals surface area contributed by atoms with Crippen molar-refractivity contribution in [2.24, 2.45) is 17.6 Å². The molecule has 11 nitrogen and oxygen atoms in total. The van der Waals surface area contributed by atoms with Crippen LogP contribution in [-0.2, 0) is 32.0 Å². The van der Waals surface area contributed by atoms with Gasteiger partial charge in [-0.2, -0.15) is 0 Å². The summed E-state index contributed by atoms with van der Waals surface area (Å²) >= 11 is 0. The van der Waals surface area contributed by atoms with Crippen LogP contribution in [0.25, 0.3) is 10.9 Å². The number of fused-ring (bicyclic) bond motifs is 1. The van der Waals surface area contributed by atoms with Crippen molar-refractivity contribution in [1.82, 2.24) is 20.9 Å². The first-order chi connectivity index (χ1) is 20.4. The predicted octanol–water partition coefficient (Wildman–Crippen LogP) is 2.62. The van der Waals surface area contributed by atoms with Crippen LogP contribution in [-0.4, -0.2) is 63.1 Å². The molecule has 5 unspecified atom stereocenters. The van der Waals surface area contributed by atoms with Crippen LogP contribution in [0.2, 0.25) is 0 Å². The van der Waals surface area contributed by atoms with Gasteiger partial charge in [-0.15, -0.1) is 0 Å². The lowest BCUT2D eigenvalue weighted by atomic mass is 9.97. The minimum Gasteiger partial charge on any atom is -0.508 e. The average Bonchev–Trinajstić information content (AvgIpc) is 3.38. The van der Waals surface area contributed by atoms with Crippen molar-refractivity contribution in [3.05, 3.63) is 65.9 Å². The van der Waals surface area contributed by atoms with Gasteiger partial charge in [0.1, 0.15) is 23.9 Å². The lowest BCUT2D eigenvalue weighted by molar-refractivity contribution is -0.142. The van der Waals surface area contributed by atoms with Crippen molar-refractivity contribution in [2.45, 2.75) is 77.5 Å². The van der Waals surface area contributed by atoms with Crippen molar-refractivity contribution >= 4 is 34.6 Å². The fraction of sp³-hybridized carbons (Fsp3) is 0.438. The Hall–Kier alpha value is -4.38. The van der Waals surface area contributed by atoms with E-state index in [1.807, 2.05) is 52.0 Å². The van der Waals surface area contributed by atoms with Crippen molar-refractivity contribution in [2.75, 3.05) is 0 Å². The van der Waals surface area contributed by atoms with Crippen molar-refractivity contribution < 1.29 is 29.4 Å². The minimum atomic E-state index is -1.27. The molecule has 232 valence electrons. The number of phenolic OH excluding ortho intramolecular Hbond substituents is 1. The Kier molecular flexibility index (Phi) is 11.7. The van der Waals surface area contributed by atoms with Crippen LogP contribution >= 0.6 is 0 Å². The van der Waals surface area contributed by atoms with Crippen LogP contribution in [0.5, 0.6) is 5.75 Å². The van der Waals surface area contributed by atoms with Crippen LogP contribution in [0.1, 0.15) is 51.7 Å². The number of aliphatic carboxylic acids is 1. The molecule has 0 saturated carbocycles. The number of carboxylic acid groups (broad SMARTS) is 1. The van der Waals surface area contributed by atoms with E-state index in [1.54, 1.807) is 18.3 Å². The summed E-state index contributed by atoms with van der Waals surface area (Å²) in [6.45, 7) is 7.59. The largest absolute Gasteiger partial charge is 0.508 e. The maximum atomic E-state index is 13.6. The summed E-state index contributed by atoms with van der Waals surface area (Å²) in [5.41, 5.74) is 8.30. The molecule has 0 fully saturated rings. The quantitative estimate of drug-likeness (QED) is 0.141. The van der Waals surface area contributed by atoms with Crippen molar-refractivity contribution in [3.8, 4) is 5.75 Å². The van der Waals surface area contributed by atoms with E-state index in [4.69, 9.17) is 5.73 Å². The SMILES string of the molecule is CCC(C)C(N)C(=O)NC(CC(C)C)C(=O)NC(Cc1ccc(O)cc1)C(=O)NC(Cc1c[nH]c2ccccc12)C(=O)O. The number of carboxylic acids is 1. The number of aromatic hydroxyl groups is 1. The Morgan fingerprint density at radius 2 is 1.44 bits per heavy atom. The number of nitrogens with two attached hydrogens (primary N) is 1. The maximum absolute atomic E-state index is 13.6. The van der Waals surface area contributed by atoms with E-state index >= 15 is 0 Å². The zero-order valence-electron chi connectivity index (χ0n) is 25.1. The first-order valence-electron chi connectivity index (χ1n) is 14.6. The van der Waals surface area contributed by atoms with Gasteiger partial charge in [-0.1, -0.05) is 64.4 Å². The fourth-order valence-corrected chi connectivity index (χ4v) is 4.83. The number of para-hydroxylation sites is 1. The van der Waals surface area contributed by atoms with E-state index in [2.05, 4.69) is 20.9 Å². The fourth-order valence-electron chi connectivity index (χ4n) is 4.83. The molecule has 3 amide bonds. The molecule has 3 aromatic rings. The molecular formula is C32H43N5O6. The molecule has 0 radical (unpaired) electrons. The Bertz CT molecular complexity index is 1400. The summed E-state index contributed by atoms with van der Waals surface area (Å²) in [4.78, 5) is 55.4. The van der Waals surface area contributed by atoms with Gasteiger partial charge >= 0.3 is 5.97 Å². The summed E-state index contributed by atoms with van der Waals surface area (Å²) in [6, 6.07) is 9.39. The Morgan fingerprint density at radius 1 is 0.837 bits per heavy atom. The van der Waals surface area contributed by atoms with E-state index in [9.17, 15) is 29.4 Å². The molecular weight excluding hydrogens is 550 g/mol. The summed E-state index contributed by atoms with van der Waals surface area (Å²) in [5, 5.41) is 28.6. The molecule has 0 aliphatic carbocycles. The molecule has 1 heterocycles. The molecule has 5 atom stereocenters. The van der Waals surface area contributed by atoms with Gasteiger partial charge in [-0.25, -0.2) is 4.79 Å². The first kappa shape index (κ1) is 33.1. The number of nitrogens with one attached hydrogen (secondary N) is 4. The molecule has 3 rings (SSSR count). The number of carbonyl (C=O) groups is 4. The third-order valence-electron chi connectivity index (χ3n) is 7.62. The first-order valence-corrected chi connectivity index (χ1v) is 14.6. The summed E-state index contributed by atoms with van der Waals surface area (Å²) < 4.78 is 0. The van der Waals surface area contributed by atoms with Gasteiger partial charge < -0.3 is 36.9 Å². The summed E-state index contributed by atoms with van der Waals surface area (Å²) in [6.07, 6.45) is 2.74. The number of hydrogen-bond acceptors (Lipinski definition) is 6. The number of amides is 3. The highest BCUT2D eigenvalue weighted by Crippen LogP contribution is 2.20. The smallest absolute Gasteiger partial charge is 0.326 e. The van der Waals surface area contributed by atoms with Crippen LogP contribution in [0, 0.1) is 11.8 Å². The van der Waals surface area contributed by atoms with Gasteiger partial charge in [0.2, 0.25) is 17.7 Å². The predicted molar refractivity (Wildman–Crippen MR) is 164 cm³/mol. The van der Waals surface area contributed by atoms with E-state index in [0.717, 1.165) is 16.5 Å². The number of benzene rings is 2. The number of rotatable bonds is 15. The highest BCUT2D eigenvalue weighted by Gasteiger charge is 2.32. The molecule has 0 aliphatic heterocycles. The monoisotopic (exact) mass is 593 g/mol. The molecule has 1 aromatic heterocycles. The third kappa shape index (κ3) is 9.31. The Balaban J connectivity index is 1.83. The molecule has 8 N–H and O–H groups in total. The van der Waals surface area contributed by atoms with Crippen molar-refractivity contribution in [1.29, 1.82) is 0 Å². The molecule has 0 aliphatic rings. The van der Waals surface area contributed by atoms with Crippen LogP contribution in [0.3, 0.4) is 0 Å². The van der Waals surface area contributed by atoms with Crippen LogP contribution in [0.4, 0.5) is 0 Å². The van der Waals surface area contributed by atoms with Crippen LogP contribution in [0.15, 0.2) is 54.7 Å². The van der Waals surface area contributed by atoms with Gasteiger partial charge in [0.05, 0.1) is 6.04 Å². The van der Waals surface area contributed by atoms with Gasteiger partial charge in [-0.3, -0.25) is 14.4 Å². The van der Waals surface area contributed by atoms with E-state index in [0.29, 0.717) is 18.4 Å². The lowest BCUT2D eigenvalue weighted by Gasteiger charge is -2.27. The van der Waals surface area contributed by atoms with E-state index < -0.39 is 47.9 Å². The second-order valence-corrected chi connectivity index (χ2v) is 11.5. The number of carbonyl (C=O) groups excluding carboxylic acids is 3. The summed E-state index contributed by atoms with van der Waals surface area (Å²) in [7, 11) is 0. The lowest BCUT2D eigenvalue weighted by Crippen LogP contribution is -2.58. The van der Waals surface area contributed by atoms with E-state index in [1.165, 1.54) is 12.1 Å². The normalized spacial score (nSPS) is 14.8. The topological polar surface area (TPSA) is 187 Å². The highest BCUT2D eigenvalue weighted by atomic mass is 16.4. The molecule has 2 aromatic carbocycles. The molecule has 43 heavy (non-hydrogen) atoms. The zero-order valence-corrected chi connectivity index (χ0v) is 25.1. The second kappa shape index (κ2) is 15.2. The number of H-pyrrole nitrogens is 1. The standard InChI is InChI=1S/C32H43N5O6/c1-5-19(4)28(33)31(41)36-25(14-18(2)3)29(39)35-26(15-20-10-12-22(38)13-11-20)30(40)37-27(32(42)43)16-21-17-34-24-9-7-6-8-23(21)24/h6-13,17-19,25-28,34,38H,5,14-16,33H2,1-4H3,(H,35,39)(H,36,41)(H,37,40)(H,42,43). The average molecular weight is 594 g/mol. The third-order valence-corrected chi connectivity index (χ3v) is 7.62. The molecule has 0 spiro atoms. The van der Waals surface area contributed by atoms with Gasteiger partial charge in [0.25, 0.3) is 0 Å². The number of aromatic amines is 1. The van der Waals surface area contributed by atoms with Gasteiger partial charge in [0, 0.05) is 29.9 Å². The van der Waals surface area contributed by atoms with E-state index in [-0.39, 0.29) is 30.4 Å². The molecule has 0 bridgehead atoms. The van der Waals surface area contributed by atoms with Crippen molar-refractivity contribution in [3.63, 3.8) is 0 Å².